The molecule has 0 spiro atoms. The third kappa shape index (κ3) is 9.71. The summed E-state index contributed by atoms with van der Waals surface area (Å²) in [5, 5.41) is 19.9. The molecule has 0 saturated heterocycles. The van der Waals surface area contributed by atoms with E-state index in [1.165, 1.54) is 18.7 Å². The molecule has 0 fully saturated rings. The second-order valence-electron chi connectivity index (χ2n) is 6.17. The first-order chi connectivity index (χ1) is 13.3. The highest BCUT2D eigenvalue weighted by atomic mass is 32.2. The maximum absolute atomic E-state index is 13.1. The number of carbonyl (C=O) groups excluding carboxylic acids is 2. The van der Waals surface area contributed by atoms with Gasteiger partial charge in [-0.25, -0.2) is 5.09 Å². The smallest absolute Gasteiger partial charge is 0.289 e. The minimum Gasteiger partial charge on any atom is -0.548 e. The van der Waals surface area contributed by atoms with Crippen LogP contribution in [0.2, 0.25) is 0 Å². The fourth-order valence-electron chi connectivity index (χ4n) is 2.53. The van der Waals surface area contributed by atoms with E-state index in [1.54, 1.807) is 6.92 Å². The molecule has 8 nitrogen and oxygen atoms in total. The quantitative estimate of drug-likeness (QED) is 0.295. The van der Waals surface area contributed by atoms with Crippen molar-refractivity contribution in [3.05, 3.63) is 35.9 Å². The summed E-state index contributed by atoms with van der Waals surface area (Å²) < 4.78 is 18.5. The molecule has 0 saturated carbocycles. The van der Waals surface area contributed by atoms with E-state index in [9.17, 15) is 19.3 Å². The molecular formula is C18H29N3O5PS-. The fourth-order valence-corrected chi connectivity index (χ4v) is 4.75. The Bertz CT molecular complexity index is 662. The van der Waals surface area contributed by atoms with Gasteiger partial charge in [0.15, 0.2) is 0 Å². The molecule has 28 heavy (non-hydrogen) atoms. The highest BCUT2D eigenvalue weighted by Gasteiger charge is 2.28. The van der Waals surface area contributed by atoms with Crippen molar-refractivity contribution in [3.8, 4) is 0 Å². The van der Waals surface area contributed by atoms with Gasteiger partial charge in [-0.2, -0.15) is 11.8 Å². The van der Waals surface area contributed by atoms with E-state index in [2.05, 4.69) is 15.7 Å². The summed E-state index contributed by atoms with van der Waals surface area (Å²) in [5.41, 5.74) is 0.928. The lowest BCUT2D eigenvalue weighted by molar-refractivity contribution is -0.308. The first-order valence-corrected chi connectivity index (χ1v) is 12.3. The molecule has 3 N–H and O–H groups in total. The molecule has 1 rings (SSSR count). The molecule has 0 aliphatic rings. The molecule has 10 heteroatoms. The van der Waals surface area contributed by atoms with Gasteiger partial charge < -0.3 is 19.7 Å². The first-order valence-electron chi connectivity index (χ1n) is 9.05. The van der Waals surface area contributed by atoms with Gasteiger partial charge in [-0.3, -0.25) is 14.7 Å². The van der Waals surface area contributed by atoms with Crippen LogP contribution in [0.3, 0.4) is 0 Å². The maximum atomic E-state index is 13.1. The lowest BCUT2D eigenvalue weighted by Crippen LogP contribution is -2.54. The summed E-state index contributed by atoms with van der Waals surface area (Å²) in [5.74, 6) is -0.914. The van der Waals surface area contributed by atoms with Gasteiger partial charge in [-0.1, -0.05) is 30.3 Å². The van der Waals surface area contributed by atoms with Gasteiger partial charge in [-0.05, 0) is 30.9 Å². The summed E-state index contributed by atoms with van der Waals surface area (Å²) in [6.07, 6.45) is 1.78. The largest absolute Gasteiger partial charge is 0.548 e. The average Bonchev–Trinajstić information content (AvgIpc) is 2.64. The van der Waals surface area contributed by atoms with Crippen LogP contribution in [0.4, 0.5) is 0 Å². The molecule has 0 bridgehead atoms. The zero-order valence-electron chi connectivity index (χ0n) is 16.5. The van der Waals surface area contributed by atoms with Gasteiger partial charge in [0.2, 0.25) is 5.91 Å². The lowest BCUT2D eigenvalue weighted by atomic mass is 10.1. The number of carboxylic acids is 1. The van der Waals surface area contributed by atoms with Crippen LogP contribution >= 0.6 is 19.3 Å². The highest BCUT2D eigenvalue weighted by Crippen LogP contribution is 2.41. The Labute approximate surface area is 170 Å². The summed E-state index contributed by atoms with van der Waals surface area (Å²) in [6.45, 7) is 3.20. The Morgan fingerprint density at radius 3 is 2.50 bits per heavy atom. The molecule has 1 amide bonds. The monoisotopic (exact) mass is 430 g/mol. The number of nitrogens with one attached hydrogen (secondary N) is 3. The van der Waals surface area contributed by atoms with E-state index in [0.717, 1.165) is 5.56 Å². The predicted molar refractivity (Wildman–Crippen MR) is 110 cm³/mol. The van der Waals surface area contributed by atoms with Crippen LogP contribution < -0.4 is 20.8 Å². The lowest BCUT2D eigenvalue weighted by Gasteiger charge is -2.30. The zero-order valence-corrected chi connectivity index (χ0v) is 18.2. The molecule has 0 aromatic heterocycles. The van der Waals surface area contributed by atoms with Gasteiger partial charge in [0.05, 0.1) is 18.7 Å². The van der Waals surface area contributed by atoms with E-state index in [0.29, 0.717) is 18.6 Å². The number of hydrogen-bond donors (Lipinski definition) is 3. The number of carboxylic acid groups (broad SMARTS) is 1. The van der Waals surface area contributed by atoms with Gasteiger partial charge >= 0.3 is 0 Å². The summed E-state index contributed by atoms with van der Waals surface area (Å²) in [7, 11) is -3.44. The van der Waals surface area contributed by atoms with Crippen molar-refractivity contribution in [2.45, 2.75) is 38.9 Å². The number of rotatable bonds is 14. The Morgan fingerprint density at radius 1 is 1.29 bits per heavy atom. The topological polar surface area (TPSA) is 120 Å². The standard InChI is InChI=1S/C18H30N3O5PS/c1-4-26-27(25,13-19-14(2)22)21-17(12-15-8-6-5-7-9-15)20-16(18(23)24)10-11-28-3/h5-9,16-17,20H,4,10-13H2,1-3H3,(H,19,22)(H,21,25)(H,23,24)/p-1. The van der Waals surface area contributed by atoms with E-state index < -0.39 is 25.7 Å². The van der Waals surface area contributed by atoms with E-state index in [4.69, 9.17) is 4.52 Å². The SMILES string of the molecule is CCOP(=O)(CNC(C)=O)NC(Cc1ccccc1)NC(CCSC)C(=O)[O-]. The van der Waals surface area contributed by atoms with Gasteiger partial charge in [0.1, 0.15) is 6.29 Å². The molecule has 0 aliphatic carbocycles. The molecule has 0 radical (unpaired) electrons. The Kier molecular flexibility index (Phi) is 11.4. The summed E-state index contributed by atoms with van der Waals surface area (Å²) >= 11 is 1.53. The van der Waals surface area contributed by atoms with Crippen molar-refractivity contribution in [3.63, 3.8) is 0 Å². The minimum absolute atomic E-state index is 0.179. The van der Waals surface area contributed by atoms with Crippen molar-refractivity contribution in [2.24, 2.45) is 0 Å². The molecule has 1 aromatic rings. The Morgan fingerprint density at radius 2 is 1.96 bits per heavy atom. The molecular weight excluding hydrogens is 401 g/mol. The third-order valence-corrected chi connectivity index (χ3v) is 6.41. The number of aliphatic carboxylic acids is 1. The number of carbonyl (C=O) groups is 2. The number of hydrogen-bond acceptors (Lipinski definition) is 7. The van der Waals surface area contributed by atoms with Crippen LogP contribution in [-0.4, -0.2) is 49.0 Å². The molecule has 158 valence electrons. The molecule has 0 heterocycles. The first kappa shape index (κ1) is 24.7. The predicted octanol–water partition coefficient (Wildman–Crippen LogP) is 0.929. The number of benzene rings is 1. The summed E-state index contributed by atoms with van der Waals surface area (Å²) in [4.78, 5) is 22.8. The highest BCUT2D eigenvalue weighted by molar-refractivity contribution is 7.98. The molecule has 3 unspecified atom stereocenters. The van der Waals surface area contributed by atoms with E-state index in [-0.39, 0.29) is 18.8 Å². The van der Waals surface area contributed by atoms with Crippen LogP contribution in [0.15, 0.2) is 30.3 Å². The third-order valence-electron chi connectivity index (χ3n) is 3.81. The van der Waals surface area contributed by atoms with Crippen LogP contribution in [0.5, 0.6) is 0 Å². The van der Waals surface area contributed by atoms with Crippen molar-refractivity contribution in [1.82, 2.24) is 15.7 Å². The fraction of sp³-hybridized carbons (Fsp3) is 0.556. The van der Waals surface area contributed by atoms with E-state index in [1.807, 2.05) is 36.6 Å². The Balaban J connectivity index is 3.00. The van der Waals surface area contributed by atoms with Gasteiger partial charge in [-0.15, -0.1) is 0 Å². The normalized spacial score (nSPS) is 15.4. The van der Waals surface area contributed by atoms with Gasteiger partial charge in [0.25, 0.3) is 7.52 Å². The van der Waals surface area contributed by atoms with Crippen LogP contribution in [0.1, 0.15) is 25.8 Å². The van der Waals surface area contributed by atoms with Crippen LogP contribution in [-0.2, 0) is 25.1 Å². The van der Waals surface area contributed by atoms with Crippen molar-refractivity contribution >= 4 is 31.2 Å². The molecule has 3 atom stereocenters. The number of thioether (sulfide) groups is 1. The van der Waals surface area contributed by atoms with Crippen LogP contribution in [0, 0.1) is 0 Å². The maximum Gasteiger partial charge on any atom is 0.289 e. The number of amides is 1. The summed E-state index contributed by atoms with van der Waals surface area (Å²) in [6, 6.07) is 8.50. The second kappa shape index (κ2) is 13.0. The van der Waals surface area contributed by atoms with Crippen LogP contribution in [0.25, 0.3) is 0 Å². The minimum atomic E-state index is -3.44. The van der Waals surface area contributed by atoms with Crippen molar-refractivity contribution in [2.75, 3.05) is 24.9 Å². The average molecular weight is 430 g/mol. The van der Waals surface area contributed by atoms with Crippen molar-refractivity contribution < 1.29 is 23.8 Å². The van der Waals surface area contributed by atoms with Gasteiger partial charge in [0, 0.05) is 19.4 Å². The molecule has 1 aromatic carbocycles. The zero-order chi connectivity index (χ0) is 21.0. The van der Waals surface area contributed by atoms with Crippen molar-refractivity contribution in [1.29, 1.82) is 0 Å². The van der Waals surface area contributed by atoms with E-state index >= 15 is 0 Å². The molecule has 0 aliphatic heterocycles. The Hall–Kier alpha value is -1.38. The second-order valence-corrected chi connectivity index (χ2v) is 9.34.